The lowest BCUT2D eigenvalue weighted by atomic mass is 9.90. The summed E-state index contributed by atoms with van der Waals surface area (Å²) in [5.41, 5.74) is -0.332. The van der Waals surface area contributed by atoms with Crippen LogP contribution in [0, 0.1) is 0 Å². The molecule has 3 rings (SSSR count). The maximum atomic E-state index is 12.4. The van der Waals surface area contributed by atoms with Gasteiger partial charge in [-0.2, -0.15) is 0 Å². The number of carbonyl (C=O) groups is 1. The van der Waals surface area contributed by atoms with Crippen LogP contribution in [-0.2, 0) is 26.0 Å². The molecule has 0 saturated carbocycles. The van der Waals surface area contributed by atoms with Gasteiger partial charge < -0.3 is 14.1 Å². The first kappa shape index (κ1) is 17.4. The molecule has 134 valence electrons. The van der Waals surface area contributed by atoms with Gasteiger partial charge in [0.2, 0.25) is 15.9 Å². The van der Waals surface area contributed by atoms with Gasteiger partial charge in [-0.15, -0.1) is 0 Å². The molecule has 2 aliphatic rings. The lowest BCUT2D eigenvalue weighted by molar-refractivity contribution is -0.137. The van der Waals surface area contributed by atoms with E-state index in [9.17, 15) is 13.2 Å². The summed E-state index contributed by atoms with van der Waals surface area (Å²) in [5, 5.41) is 0. The molecule has 2 fully saturated rings. The minimum Gasteiger partial charge on any atom is -0.469 e. The lowest BCUT2D eigenvalue weighted by Gasteiger charge is -2.38. The highest BCUT2D eigenvalue weighted by molar-refractivity contribution is 7.88. The molecule has 8 heteroatoms. The molecule has 0 aromatic carbocycles. The van der Waals surface area contributed by atoms with Crippen molar-refractivity contribution in [2.24, 2.45) is 0 Å². The summed E-state index contributed by atoms with van der Waals surface area (Å²) in [6.45, 7) is 1.54. The highest BCUT2D eigenvalue weighted by Gasteiger charge is 2.44. The molecule has 0 bridgehead atoms. The Hall–Kier alpha value is -1.38. The molecule has 1 amide bonds. The molecule has 1 aromatic rings. The average molecular weight is 356 g/mol. The average Bonchev–Trinajstić information content (AvgIpc) is 3.15. The maximum Gasteiger partial charge on any atom is 0.230 e. The molecule has 0 aliphatic carbocycles. The molecule has 7 nitrogen and oxygen atoms in total. The Morgan fingerprint density at radius 2 is 2.29 bits per heavy atom. The Morgan fingerprint density at radius 1 is 1.46 bits per heavy atom. The molecular formula is C16H24N2O5S. The van der Waals surface area contributed by atoms with Crippen molar-refractivity contribution in [3.63, 3.8) is 0 Å². The SMILES string of the molecule is CS(=O)(=O)NC[C@H]1CCC[C@]2(CCN(C(=O)Cc3ccco3)C2)O1. The van der Waals surface area contributed by atoms with Crippen molar-refractivity contribution in [2.75, 3.05) is 25.9 Å². The van der Waals surface area contributed by atoms with Crippen LogP contribution in [0.5, 0.6) is 0 Å². The molecule has 2 aliphatic heterocycles. The zero-order valence-electron chi connectivity index (χ0n) is 13.9. The van der Waals surface area contributed by atoms with Gasteiger partial charge in [-0.1, -0.05) is 0 Å². The molecule has 1 spiro atoms. The first-order chi connectivity index (χ1) is 11.4. The van der Waals surface area contributed by atoms with Crippen molar-refractivity contribution in [3.05, 3.63) is 24.2 Å². The summed E-state index contributed by atoms with van der Waals surface area (Å²) in [5.74, 6) is 0.711. The number of nitrogens with one attached hydrogen (secondary N) is 1. The highest BCUT2D eigenvalue weighted by Crippen LogP contribution is 2.36. The Balaban J connectivity index is 1.55. The topological polar surface area (TPSA) is 88.9 Å². The van der Waals surface area contributed by atoms with Gasteiger partial charge >= 0.3 is 0 Å². The van der Waals surface area contributed by atoms with Crippen LogP contribution in [0.3, 0.4) is 0 Å². The van der Waals surface area contributed by atoms with Crippen molar-refractivity contribution in [2.45, 2.75) is 43.8 Å². The van der Waals surface area contributed by atoms with Crippen LogP contribution in [0.15, 0.2) is 22.8 Å². The Bertz CT molecular complexity index is 673. The number of furan rings is 1. The number of hydrogen-bond donors (Lipinski definition) is 1. The highest BCUT2D eigenvalue weighted by atomic mass is 32.2. The predicted molar refractivity (Wildman–Crippen MR) is 87.9 cm³/mol. The molecule has 0 radical (unpaired) electrons. The number of hydrogen-bond acceptors (Lipinski definition) is 5. The van der Waals surface area contributed by atoms with Crippen molar-refractivity contribution >= 4 is 15.9 Å². The van der Waals surface area contributed by atoms with Crippen LogP contribution in [0.4, 0.5) is 0 Å². The second kappa shape index (κ2) is 6.85. The maximum absolute atomic E-state index is 12.4. The van der Waals surface area contributed by atoms with E-state index in [1.54, 1.807) is 18.4 Å². The van der Waals surface area contributed by atoms with Gasteiger partial charge in [0.1, 0.15) is 5.76 Å². The fraction of sp³-hybridized carbons (Fsp3) is 0.688. The number of ether oxygens (including phenoxy) is 1. The van der Waals surface area contributed by atoms with E-state index in [0.29, 0.717) is 25.4 Å². The van der Waals surface area contributed by atoms with Gasteiger partial charge in [-0.25, -0.2) is 13.1 Å². The van der Waals surface area contributed by atoms with Crippen LogP contribution in [0.2, 0.25) is 0 Å². The summed E-state index contributed by atoms with van der Waals surface area (Å²) in [7, 11) is -3.22. The molecule has 3 heterocycles. The van der Waals surface area contributed by atoms with E-state index in [1.807, 2.05) is 4.90 Å². The second-order valence-corrected chi connectivity index (χ2v) is 8.59. The smallest absolute Gasteiger partial charge is 0.230 e. The first-order valence-corrected chi connectivity index (χ1v) is 10.2. The van der Waals surface area contributed by atoms with Crippen molar-refractivity contribution in [1.29, 1.82) is 0 Å². The zero-order chi connectivity index (χ0) is 17.2. The Kier molecular flexibility index (Phi) is 4.98. The van der Waals surface area contributed by atoms with Crippen molar-refractivity contribution in [3.8, 4) is 0 Å². The third kappa shape index (κ3) is 4.37. The molecule has 2 saturated heterocycles. The van der Waals surface area contributed by atoms with Crippen LogP contribution >= 0.6 is 0 Å². The predicted octanol–water partition coefficient (Wildman–Crippen LogP) is 0.912. The minimum absolute atomic E-state index is 0.0433. The second-order valence-electron chi connectivity index (χ2n) is 6.76. The van der Waals surface area contributed by atoms with Crippen LogP contribution in [0.1, 0.15) is 31.4 Å². The van der Waals surface area contributed by atoms with E-state index in [2.05, 4.69) is 4.72 Å². The van der Waals surface area contributed by atoms with Crippen LogP contribution in [0.25, 0.3) is 0 Å². The molecule has 0 unspecified atom stereocenters. The number of amides is 1. The number of rotatable bonds is 5. The molecule has 24 heavy (non-hydrogen) atoms. The summed E-state index contributed by atoms with van der Waals surface area (Å²) >= 11 is 0. The van der Waals surface area contributed by atoms with E-state index in [0.717, 1.165) is 31.9 Å². The summed E-state index contributed by atoms with van der Waals surface area (Å²) in [6, 6.07) is 3.57. The third-order valence-electron chi connectivity index (χ3n) is 4.72. The molecule has 1 aromatic heterocycles. The molecular weight excluding hydrogens is 332 g/mol. The van der Waals surface area contributed by atoms with Crippen LogP contribution in [-0.4, -0.2) is 56.8 Å². The van der Waals surface area contributed by atoms with Crippen molar-refractivity contribution in [1.82, 2.24) is 9.62 Å². The quantitative estimate of drug-likeness (QED) is 0.847. The minimum atomic E-state index is -3.22. The third-order valence-corrected chi connectivity index (χ3v) is 5.41. The number of likely N-dealkylation sites (tertiary alicyclic amines) is 1. The van der Waals surface area contributed by atoms with E-state index in [1.165, 1.54) is 0 Å². The fourth-order valence-corrected chi connectivity index (χ4v) is 4.03. The molecule has 2 atom stereocenters. The van der Waals surface area contributed by atoms with Gasteiger partial charge in [-0.3, -0.25) is 4.79 Å². The number of sulfonamides is 1. The van der Waals surface area contributed by atoms with Gasteiger partial charge in [0.15, 0.2) is 0 Å². The lowest BCUT2D eigenvalue weighted by Crippen LogP contribution is -2.47. The number of carbonyl (C=O) groups excluding carboxylic acids is 1. The van der Waals surface area contributed by atoms with E-state index in [-0.39, 0.29) is 24.0 Å². The van der Waals surface area contributed by atoms with Gasteiger partial charge in [0.05, 0.1) is 30.6 Å². The van der Waals surface area contributed by atoms with E-state index >= 15 is 0 Å². The fourth-order valence-electron chi connectivity index (χ4n) is 3.54. The largest absolute Gasteiger partial charge is 0.469 e. The van der Waals surface area contributed by atoms with E-state index in [4.69, 9.17) is 9.15 Å². The number of nitrogens with zero attached hydrogens (tertiary/aromatic N) is 1. The van der Waals surface area contributed by atoms with E-state index < -0.39 is 10.0 Å². The standard InChI is InChI=1S/C16H24N2O5S/c1-24(20,21)17-11-14-4-2-6-16(23-14)7-8-18(12-16)15(19)10-13-5-3-9-22-13/h3,5,9,14,17H,2,4,6-8,10-12H2,1H3/t14-,16-/m1/s1. The van der Waals surface area contributed by atoms with Gasteiger partial charge in [-0.05, 0) is 37.8 Å². The first-order valence-electron chi connectivity index (χ1n) is 8.28. The zero-order valence-corrected chi connectivity index (χ0v) is 14.7. The monoisotopic (exact) mass is 356 g/mol. The Labute approximate surface area is 142 Å². The summed E-state index contributed by atoms with van der Waals surface area (Å²) < 4.78 is 36.5. The molecule has 1 N–H and O–H groups in total. The van der Waals surface area contributed by atoms with Crippen molar-refractivity contribution < 1.29 is 22.4 Å². The van der Waals surface area contributed by atoms with Gasteiger partial charge in [0.25, 0.3) is 0 Å². The summed E-state index contributed by atoms with van der Waals surface area (Å²) in [4.78, 5) is 14.2. The summed E-state index contributed by atoms with van der Waals surface area (Å²) in [6.07, 6.45) is 6.38. The normalized spacial score (nSPS) is 27.7. The van der Waals surface area contributed by atoms with Gasteiger partial charge in [0, 0.05) is 19.6 Å². The Morgan fingerprint density at radius 3 is 3.00 bits per heavy atom. The van der Waals surface area contributed by atoms with Crippen LogP contribution < -0.4 is 4.72 Å².